The van der Waals surface area contributed by atoms with Crippen LogP contribution in [0.1, 0.15) is 57.1 Å². The third kappa shape index (κ3) is 1.79. The minimum absolute atomic E-state index is 0.488. The van der Waals surface area contributed by atoms with Crippen LogP contribution in [0, 0.1) is 17.3 Å². The monoisotopic (exact) mass is 258 g/mol. The fourth-order valence-corrected chi connectivity index (χ4v) is 6.20. The van der Waals surface area contributed by atoms with E-state index >= 15 is 0 Å². The molecule has 2 heteroatoms. The van der Waals surface area contributed by atoms with Gasteiger partial charge in [-0.25, -0.2) is 0 Å². The number of H-pyrrole nitrogens is 1. The van der Waals surface area contributed by atoms with Gasteiger partial charge in [-0.3, -0.25) is 0 Å². The van der Waals surface area contributed by atoms with Gasteiger partial charge in [-0.05, 0) is 87.3 Å². The van der Waals surface area contributed by atoms with E-state index in [0.29, 0.717) is 10.8 Å². The molecule has 1 aromatic rings. The third-order valence-electron chi connectivity index (χ3n) is 6.26. The molecule has 2 nitrogen and oxygen atoms in total. The van der Waals surface area contributed by atoms with Crippen molar-refractivity contribution < 1.29 is 0 Å². The Morgan fingerprint density at radius 3 is 2.63 bits per heavy atom. The average molecular weight is 258 g/mol. The highest BCUT2D eigenvalue weighted by molar-refractivity contribution is 5.25. The second-order valence-electron chi connectivity index (χ2n) is 7.72. The number of nitrogens with one attached hydrogen (secondary N) is 1. The number of rotatable bonds is 4. The summed E-state index contributed by atoms with van der Waals surface area (Å²) in [6.07, 6.45) is 13.5. The SMILES string of the molecule is NCCCC12CC3CC(C1)CC(c1ccc[nH]1)(C3)C2. The number of hydrogen-bond donors (Lipinski definition) is 2. The van der Waals surface area contributed by atoms with Crippen LogP contribution in [-0.4, -0.2) is 11.5 Å². The van der Waals surface area contributed by atoms with Gasteiger partial charge in [-0.2, -0.15) is 0 Å². The van der Waals surface area contributed by atoms with E-state index in [1.54, 1.807) is 0 Å². The second-order valence-corrected chi connectivity index (χ2v) is 7.72. The smallest absolute Gasteiger partial charge is 0.0210 e. The van der Waals surface area contributed by atoms with Crippen molar-refractivity contribution in [2.45, 2.75) is 56.8 Å². The predicted molar refractivity (Wildman–Crippen MR) is 77.9 cm³/mol. The number of aromatic nitrogens is 1. The average Bonchev–Trinajstić information content (AvgIpc) is 2.89. The predicted octanol–water partition coefficient (Wildman–Crippen LogP) is 3.59. The minimum Gasteiger partial charge on any atom is -0.365 e. The zero-order valence-corrected chi connectivity index (χ0v) is 11.8. The van der Waals surface area contributed by atoms with Crippen LogP contribution in [0.4, 0.5) is 0 Å². The summed E-state index contributed by atoms with van der Waals surface area (Å²) >= 11 is 0. The normalized spacial score (nSPS) is 43.8. The molecule has 4 aliphatic carbocycles. The first-order valence-corrected chi connectivity index (χ1v) is 8.08. The van der Waals surface area contributed by atoms with E-state index in [1.165, 1.54) is 57.1 Å². The molecule has 0 saturated heterocycles. The first-order valence-electron chi connectivity index (χ1n) is 8.08. The van der Waals surface area contributed by atoms with E-state index in [1.807, 2.05) is 0 Å². The van der Waals surface area contributed by atoms with Crippen molar-refractivity contribution in [2.24, 2.45) is 23.0 Å². The number of nitrogens with two attached hydrogens (primary N) is 1. The highest BCUT2D eigenvalue weighted by Crippen LogP contribution is 2.66. The summed E-state index contributed by atoms with van der Waals surface area (Å²) in [6.45, 7) is 0.868. The van der Waals surface area contributed by atoms with Gasteiger partial charge in [0.25, 0.3) is 0 Å². The van der Waals surface area contributed by atoms with Crippen LogP contribution in [-0.2, 0) is 5.41 Å². The van der Waals surface area contributed by atoms with Gasteiger partial charge in [0, 0.05) is 17.3 Å². The van der Waals surface area contributed by atoms with Gasteiger partial charge in [0.1, 0.15) is 0 Å². The van der Waals surface area contributed by atoms with Crippen molar-refractivity contribution in [3.05, 3.63) is 24.0 Å². The van der Waals surface area contributed by atoms with Crippen LogP contribution in [0.2, 0.25) is 0 Å². The minimum atomic E-state index is 0.488. The van der Waals surface area contributed by atoms with Crippen LogP contribution < -0.4 is 5.73 Å². The zero-order valence-electron chi connectivity index (χ0n) is 11.8. The van der Waals surface area contributed by atoms with Gasteiger partial charge in [0.2, 0.25) is 0 Å². The fraction of sp³-hybridized carbons (Fsp3) is 0.765. The Kier molecular flexibility index (Phi) is 2.60. The quantitative estimate of drug-likeness (QED) is 0.851. The molecule has 1 heterocycles. The van der Waals surface area contributed by atoms with E-state index in [4.69, 9.17) is 5.73 Å². The maximum Gasteiger partial charge on any atom is 0.0210 e. The number of aromatic amines is 1. The second kappa shape index (κ2) is 4.12. The molecular formula is C17H26N2. The summed E-state index contributed by atoms with van der Waals surface area (Å²) < 4.78 is 0. The first-order chi connectivity index (χ1) is 9.24. The molecule has 19 heavy (non-hydrogen) atoms. The Morgan fingerprint density at radius 1 is 1.21 bits per heavy atom. The highest BCUT2D eigenvalue weighted by atomic mass is 14.8. The lowest BCUT2D eigenvalue weighted by Gasteiger charge is -2.62. The van der Waals surface area contributed by atoms with Crippen molar-refractivity contribution >= 4 is 0 Å². The van der Waals surface area contributed by atoms with Crippen LogP contribution in [0.15, 0.2) is 18.3 Å². The van der Waals surface area contributed by atoms with Gasteiger partial charge in [0.05, 0.1) is 0 Å². The zero-order chi connectivity index (χ0) is 12.9. The molecule has 4 aliphatic rings. The lowest BCUT2D eigenvalue weighted by Crippen LogP contribution is -2.54. The molecule has 4 fully saturated rings. The molecule has 0 aliphatic heterocycles. The van der Waals surface area contributed by atoms with Crippen molar-refractivity contribution in [3.8, 4) is 0 Å². The molecule has 0 spiro atoms. The maximum absolute atomic E-state index is 5.78. The van der Waals surface area contributed by atoms with Gasteiger partial charge in [-0.15, -0.1) is 0 Å². The summed E-state index contributed by atoms with van der Waals surface area (Å²) in [5.41, 5.74) is 8.43. The summed E-state index contributed by atoms with van der Waals surface area (Å²) in [6, 6.07) is 4.52. The lowest BCUT2D eigenvalue weighted by atomic mass is 9.43. The van der Waals surface area contributed by atoms with Crippen LogP contribution >= 0.6 is 0 Å². The number of hydrogen-bond acceptors (Lipinski definition) is 1. The molecule has 2 atom stereocenters. The topological polar surface area (TPSA) is 41.8 Å². The van der Waals surface area contributed by atoms with Crippen LogP contribution in [0.3, 0.4) is 0 Å². The van der Waals surface area contributed by atoms with Crippen LogP contribution in [0.25, 0.3) is 0 Å². The highest BCUT2D eigenvalue weighted by Gasteiger charge is 2.57. The van der Waals surface area contributed by atoms with Gasteiger partial charge in [0.15, 0.2) is 0 Å². The van der Waals surface area contributed by atoms with E-state index in [9.17, 15) is 0 Å². The molecule has 2 unspecified atom stereocenters. The van der Waals surface area contributed by atoms with Crippen molar-refractivity contribution in [1.29, 1.82) is 0 Å². The molecule has 4 saturated carbocycles. The van der Waals surface area contributed by atoms with Crippen LogP contribution in [0.5, 0.6) is 0 Å². The maximum atomic E-state index is 5.78. The summed E-state index contributed by atoms with van der Waals surface area (Å²) in [7, 11) is 0. The van der Waals surface area contributed by atoms with E-state index in [0.717, 1.165) is 18.4 Å². The Labute approximate surface area is 116 Å². The van der Waals surface area contributed by atoms with Crippen molar-refractivity contribution in [2.75, 3.05) is 6.54 Å². The first kappa shape index (κ1) is 12.0. The largest absolute Gasteiger partial charge is 0.365 e. The molecule has 0 aromatic carbocycles. The van der Waals surface area contributed by atoms with E-state index in [-0.39, 0.29) is 0 Å². The molecule has 104 valence electrons. The van der Waals surface area contributed by atoms with Gasteiger partial charge in [-0.1, -0.05) is 0 Å². The van der Waals surface area contributed by atoms with Gasteiger partial charge >= 0.3 is 0 Å². The Hall–Kier alpha value is -0.760. The van der Waals surface area contributed by atoms with Gasteiger partial charge < -0.3 is 10.7 Å². The molecule has 3 N–H and O–H groups in total. The summed E-state index contributed by atoms with van der Waals surface area (Å²) in [5, 5.41) is 0. The molecular weight excluding hydrogens is 232 g/mol. The summed E-state index contributed by atoms with van der Waals surface area (Å²) in [4.78, 5) is 3.54. The van der Waals surface area contributed by atoms with Crippen molar-refractivity contribution in [3.63, 3.8) is 0 Å². The Bertz CT molecular complexity index is 434. The lowest BCUT2D eigenvalue weighted by molar-refractivity contribution is -0.0780. The molecule has 0 amide bonds. The van der Waals surface area contributed by atoms with Crippen molar-refractivity contribution in [1.82, 2.24) is 4.98 Å². The Balaban J connectivity index is 1.68. The molecule has 5 rings (SSSR count). The standard InChI is InChI=1S/C17H26N2/c18-5-2-4-16-8-13-7-14(9-16)11-17(10-13,12-16)15-3-1-6-19-15/h1,3,6,13-14,19H,2,4-5,7-12,18H2. The molecule has 1 aromatic heterocycles. The summed E-state index contributed by atoms with van der Waals surface area (Å²) in [5.74, 6) is 1.98. The molecule has 4 bridgehead atoms. The molecule has 0 radical (unpaired) electrons. The van der Waals surface area contributed by atoms with E-state index in [2.05, 4.69) is 23.3 Å². The van der Waals surface area contributed by atoms with E-state index < -0.39 is 0 Å². The fourth-order valence-electron chi connectivity index (χ4n) is 6.20. The third-order valence-corrected chi connectivity index (χ3v) is 6.26. The Morgan fingerprint density at radius 2 is 2.00 bits per heavy atom.